The minimum Gasteiger partial charge on any atom is -0.482 e. The molecular formula is C26H16Cl2F3N5O4S. The normalized spacial score (nSPS) is 11.4. The number of nitro benzene ring substituents is 1. The van der Waals surface area contributed by atoms with Crippen molar-refractivity contribution in [2.45, 2.75) is 16.2 Å². The Labute approximate surface area is 244 Å². The first-order valence-electron chi connectivity index (χ1n) is 11.4. The fraction of sp³-hybridized carbons (Fsp3) is 0.0769. The summed E-state index contributed by atoms with van der Waals surface area (Å²) in [4.78, 5) is 30.8. The first-order valence-corrected chi connectivity index (χ1v) is 12.9. The molecule has 1 heterocycles. The van der Waals surface area contributed by atoms with Crippen LogP contribution in [-0.2, 0) is 11.0 Å². The van der Waals surface area contributed by atoms with Crippen LogP contribution in [0.5, 0.6) is 5.75 Å². The van der Waals surface area contributed by atoms with Gasteiger partial charge in [0.15, 0.2) is 11.8 Å². The maximum absolute atomic E-state index is 13.5. The number of hydrogen-bond donors (Lipinski definition) is 1. The molecule has 0 bridgehead atoms. The van der Waals surface area contributed by atoms with Crippen molar-refractivity contribution in [1.29, 1.82) is 0 Å². The summed E-state index contributed by atoms with van der Waals surface area (Å²) in [6, 6.07) is 17.4. The number of alkyl halides is 3. The monoisotopic (exact) mass is 621 g/mol. The number of carbonyl (C=O) groups excluding carboxylic acids is 1. The standard InChI is InChI=1S/C26H16Cl2F3N5O4S/c27-17-7-8-21(18(28)11-17)40-14-24(37)35-32-13-15-6-9-22(20(10-15)36(38)39)41-25-33-19(16-4-2-1-3-5-16)12-23(34-25)26(29,30)31/h1-13H,14H2,(H,35,37)/b32-13+. The molecule has 15 heteroatoms. The number of benzene rings is 3. The summed E-state index contributed by atoms with van der Waals surface area (Å²) in [6.07, 6.45) is -3.60. The maximum Gasteiger partial charge on any atom is 0.433 e. The molecule has 9 nitrogen and oxygen atoms in total. The molecule has 0 saturated carbocycles. The fourth-order valence-corrected chi connectivity index (χ4v) is 4.58. The molecule has 4 rings (SSSR count). The summed E-state index contributed by atoms with van der Waals surface area (Å²) < 4.78 is 45.9. The van der Waals surface area contributed by atoms with Gasteiger partial charge in [-0.1, -0.05) is 59.6 Å². The number of carbonyl (C=O) groups is 1. The Bertz CT molecular complexity index is 1620. The Morgan fingerprint density at radius 1 is 1.07 bits per heavy atom. The molecule has 0 aliphatic rings. The van der Waals surface area contributed by atoms with Crippen molar-refractivity contribution in [1.82, 2.24) is 15.4 Å². The molecule has 3 aromatic carbocycles. The van der Waals surface area contributed by atoms with Crippen molar-refractivity contribution in [3.05, 3.63) is 104 Å². The summed E-state index contributed by atoms with van der Waals surface area (Å²) >= 11 is 12.4. The Balaban J connectivity index is 1.49. The van der Waals surface area contributed by atoms with Crippen LogP contribution in [-0.4, -0.2) is 33.6 Å². The van der Waals surface area contributed by atoms with Gasteiger partial charge in [0.05, 0.1) is 26.7 Å². The van der Waals surface area contributed by atoms with E-state index in [1.165, 1.54) is 30.3 Å². The van der Waals surface area contributed by atoms with E-state index < -0.39 is 35.0 Å². The van der Waals surface area contributed by atoms with Crippen LogP contribution >= 0.6 is 35.0 Å². The topological polar surface area (TPSA) is 120 Å². The van der Waals surface area contributed by atoms with Gasteiger partial charge in [-0.25, -0.2) is 15.4 Å². The number of nitrogens with one attached hydrogen (secondary N) is 1. The van der Waals surface area contributed by atoms with Gasteiger partial charge in [-0.15, -0.1) is 0 Å². The average molecular weight is 622 g/mol. The number of nitro groups is 1. The van der Waals surface area contributed by atoms with E-state index >= 15 is 0 Å². The minimum atomic E-state index is -4.76. The number of ether oxygens (including phenoxy) is 1. The van der Waals surface area contributed by atoms with Crippen molar-refractivity contribution in [3.8, 4) is 17.0 Å². The number of amides is 1. The lowest BCUT2D eigenvalue weighted by Gasteiger charge is -2.11. The van der Waals surface area contributed by atoms with Gasteiger partial charge in [-0.05, 0) is 42.1 Å². The van der Waals surface area contributed by atoms with Gasteiger partial charge in [-0.2, -0.15) is 18.3 Å². The second kappa shape index (κ2) is 13.0. The van der Waals surface area contributed by atoms with Crippen LogP contribution in [0.4, 0.5) is 18.9 Å². The maximum atomic E-state index is 13.5. The number of rotatable bonds is 9. The largest absolute Gasteiger partial charge is 0.482 e. The highest BCUT2D eigenvalue weighted by molar-refractivity contribution is 7.99. The molecule has 0 aliphatic carbocycles. The molecule has 0 atom stereocenters. The molecule has 0 unspecified atom stereocenters. The van der Waals surface area contributed by atoms with Crippen molar-refractivity contribution >= 4 is 52.8 Å². The van der Waals surface area contributed by atoms with E-state index in [0.717, 1.165) is 18.3 Å². The summed E-state index contributed by atoms with van der Waals surface area (Å²) in [7, 11) is 0. The molecular weight excluding hydrogens is 606 g/mol. The van der Waals surface area contributed by atoms with E-state index in [9.17, 15) is 28.1 Å². The molecule has 1 N–H and O–H groups in total. The Morgan fingerprint density at radius 3 is 2.51 bits per heavy atom. The molecule has 0 fully saturated rings. The van der Waals surface area contributed by atoms with Crippen LogP contribution in [0.15, 0.2) is 87.9 Å². The van der Waals surface area contributed by atoms with Crippen molar-refractivity contribution < 1.29 is 27.6 Å². The zero-order valence-electron chi connectivity index (χ0n) is 20.4. The van der Waals surface area contributed by atoms with E-state index in [4.69, 9.17) is 27.9 Å². The summed E-state index contributed by atoms with van der Waals surface area (Å²) in [6.45, 7) is -0.420. The lowest BCUT2D eigenvalue weighted by Crippen LogP contribution is -2.24. The number of hydrazone groups is 1. The zero-order valence-corrected chi connectivity index (χ0v) is 22.8. The highest BCUT2D eigenvalue weighted by Crippen LogP contribution is 2.37. The highest BCUT2D eigenvalue weighted by Gasteiger charge is 2.34. The smallest absolute Gasteiger partial charge is 0.433 e. The average Bonchev–Trinajstić information content (AvgIpc) is 2.93. The fourth-order valence-electron chi connectivity index (χ4n) is 3.26. The first-order chi connectivity index (χ1) is 19.5. The number of halogens is 5. The van der Waals surface area contributed by atoms with Crippen LogP contribution in [0.2, 0.25) is 10.0 Å². The minimum absolute atomic E-state index is 0.00256. The number of aromatic nitrogens is 2. The molecule has 0 radical (unpaired) electrons. The lowest BCUT2D eigenvalue weighted by molar-refractivity contribution is -0.387. The van der Waals surface area contributed by atoms with Gasteiger partial charge in [0.2, 0.25) is 0 Å². The van der Waals surface area contributed by atoms with Gasteiger partial charge in [0, 0.05) is 22.2 Å². The quantitative estimate of drug-likeness (QED) is 0.0919. The molecule has 1 aromatic heterocycles. The predicted molar refractivity (Wildman–Crippen MR) is 147 cm³/mol. The second-order valence-electron chi connectivity index (χ2n) is 8.03. The van der Waals surface area contributed by atoms with E-state index in [1.807, 2.05) is 0 Å². The molecule has 0 saturated heterocycles. The molecule has 4 aromatic rings. The van der Waals surface area contributed by atoms with Gasteiger partial charge in [-0.3, -0.25) is 14.9 Å². The van der Waals surface area contributed by atoms with Crippen LogP contribution in [0.1, 0.15) is 11.3 Å². The van der Waals surface area contributed by atoms with Gasteiger partial charge >= 0.3 is 6.18 Å². The van der Waals surface area contributed by atoms with Crippen molar-refractivity contribution in [2.75, 3.05) is 6.61 Å². The van der Waals surface area contributed by atoms with Crippen LogP contribution in [0.3, 0.4) is 0 Å². The summed E-state index contributed by atoms with van der Waals surface area (Å²) in [5.41, 5.74) is 1.28. The van der Waals surface area contributed by atoms with E-state index in [-0.39, 0.29) is 32.1 Å². The van der Waals surface area contributed by atoms with Crippen LogP contribution in [0, 0.1) is 10.1 Å². The molecule has 210 valence electrons. The molecule has 0 aliphatic heterocycles. The van der Waals surface area contributed by atoms with Gasteiger partial charge in [0.25, 0.3) is 11.6 Å². The lowest BCUT2D eigenvalue weighted by atomic mass is 10.1. The molecule has 41 heavy (non-hydrogen) atoms. The van der Waals surface area contributed by atoms with E-state index in [0.29, 0.717) is 22.3 Å². The van der Waals surface area contributed by atoms with Crippen molar-refractivity contribution in [3.63, 3.8) is 0 Å². The predicted octanol–water partition coefficient (Wildman–Crippen LogP) is 7.06. The van der Waals surface area contributed by atoms with E-state index in [2.05, 4.69) is 20.5 Å². The van der Waals surface area contributed by atoms with E-state index in [1.54, 1.807) is 30.3 Å². The Kier molecular flexibility index (Phi) is 9.42. The number of nitrogens with zero attached hydrogens (tertiary/aromatic N) is 4. The molecule has 0 spiro atoms. The second-order valence-corrected chi connectivity index (χ2v) is 9.88. The summed E-state index contributed by atoms with van der Waals surface area (Å²) in [5, 5.41) is 15.8. The summed E-state index contributed by atoms with van der Waals surface area (Å²) in [5.74, 6) is -0.399. The Morgan fingerprint density at radius 2 is 1.83 bits per heavy atom. The third-order valence-electron chi connectivity index (χ3n) is 5.10. The van der Waals surface area contributed by atoms with Gasteiger partial charge in [0.1, 0.15) is 11.4 Å². The Hall–Kier alpha value is -4.20. The SMILES string of the molecule is O=C(COc1ccc(Cl)cc1Cl)N/N=C/c1ccc(Sc2nc(-c3ccccc3)cc(C(F)(F)F)n2)c([N+](=O)[O-])c1. The van der Waals surface area contributed by atoms with Crippen LogP contribution in [0.25, 0.3) is 11.3 Å². The first kappa shape index (κ1) is 29.8. The zero-order chi connectivity index (χ0) is 29.6. The molecule has 1 amide bonds. The highest BCUT2D eigenvalue weighted by atomic mass is 35.5. The van der Waals surface area contributed by atoms with Gasteiger partial charge < -0.3 is 4.74 Å². The van der Waals surface area contributed by atoms with Crippen molar-refractivity contribution in [2.24, 2.45) is 5.10 Å². The van der Waals surface area contributed by atoms with Crippen LogP contribution < -0.4 is 10.2 Å². The third-order valence-corrected chi connectivity index (χ3v) is 6.56. The number of hydrogen-bond acceptors (Lipinski definition) is 8. The third kappa shape index (κ3) is 8.16.